The lowest BCUT2D eigenvalue weighted by Gasteiger charge is -2.35. The van der Waals surface area contributed by atoms with Crippen molar-refractivity contribution in [3.8, 4) is 0 Å². The van der Waals surface area contributed by atoms with Crippen LogP contribution in [0, 0.1) is 5.92 Å². The van der Waals surface area contributed by atoms with E-state index in [1.807, 2.05) is 24.3 Å². The van der Waals surface area contributed by atoms with E-state index in [1.165, 1.54) is 0 Å². The lowest BCUT2D eigenvalue weighted by Crippen LogP contribution is -2.43. The molecular formula is C15H18N2O. The van der Waals surface area contributed by atoms with Crippen molar-refractivity contribution in [2.24, 2.45) is 5.92 Å². The molecule has 0 aliphatic carbocycles. The Bertz CT molecular complexity index is 555. The van der Waals surface area contributed by atoms with Crippen molar-refractivity contribution in [3.05, 3.63) is 36.4 Å². The predicted molar refractivity (Wildman–Crippen MR) is 73.7 cm³/mol. The second kappa shape index (κ2) is 4.58. The van der Waals surface area contributed by atoms with E-state index in [9.17, 15) is 5.11 Å². The van der Waals surface area contributed by atoms with Gasteiger partial charge in [-0.1, -0.05) is 25.1 Å². The van der Waals surface area contributed by atoms with Crippen LogP contribution in [0.1, 0.15) is 13.3 Å². The Morgan fingerprint density at radius 3 is 2.89 bits per heavy atom. The minimum absolute atomic E-state index is 0.243. The largest absolute Gasteiger partial charge is 0.391 e. The summed E-state index contributed by atoms with van der Waals surface area (Å²) in [5.74, 6) is 1.36. The minimum atomic E-state index is -0.243. The van der Waals surface area contributed by atoms with Crippen LogP contribution in [-0.4, -0.2) is 29.3 Å². The Labute approximate surface area is 107 Å². The van der Waals surface area contributed by atoms with Gasteiger partial charge in [-0.15, -0.1) is 0 Å². The van der Waals surface area contributed by atoms with Crippen LogP contribution in [0.5, 0.6) is 0 Å². The van der Waals surface area contributed by atoms with Gasteiger partial charge in [0.2, 0.25) is 0 Å². The van der Waals surface area contributed by atoms with E-state index < -0.39 is 0 Å². The van der Waals surface area contributed by atoms with Crippen molar-refractivity contribution in [1.29, 1.82) is 0 Å². The van der Waals surface area contributed by atoms with E-state index in [4.69, 9.17) is 0 Å². The highest BCUT2D eigenvalue weighted by atomic mass is 16.3. The molecule has 1 aromatic heterocycles. The molecule has 2 heterocycles. The van der Waals surface area contributed by atoms with E-state index in [0.29, 0.717) is 12.5 Å². The van der Waals surface area contributed by atoms with E-state index in [0.717, 1.165) is 29.7 Å². The molecule has 1 aliphatic rings. The van der Waals surface area contributed by atoms with Crippen LogP contribution in [0.25, 0.3) is 10.9 Å². The summed E-state index contributed by atoms with van der Waals surface area (Å²) in [7, 11) is 0. The number of hydrogen-bond acceptors (Lipinski definition) is 3. The van der Waals surface area contributed by atoms with Crippen LogP contribution in [-0.2, 0) is 0 Å². The van der Waals surface area contributed by atoms with Crippen molar-refractivity contribution < 1.29 is 5.11 Å². The van der Waals surface area contributed by atoms with E-state index >= 15 is 0 Å². The molecule has 2 unspecified atom stereocenters. The standard InChI is InChI=1S/C15H18N2O/c1-11-8-9-17(10-14(11)18)15-7-6-12-4-2-3-5-13(12)16-15/h2-7,11,14,18H,8-10H2,1H3. The fourth-order valence-electron chi connectivity index (χ4n) is 2.49. The number of rotatable bonds is 1. The molecule has 3 nitrogen and oxygen atoms in total. The van der Waals surface area contributed by atoms with Gasteiger partial charge in [0.25, 0.3) is 0 Å². The molecule has 2 atom stereocenters. The number of aromatic nitrogens is 1. The van der Waals surface area contributed by atoms with Gasteiger partial charge in [0, 0.05) is 18.5 Å². The topological polar surface area (TPSA) is 36.4 Å². The van der Waals surface area contributed by atoms with Crippen LogP contribution < -0.4 is 4.90 Å². The molecule has 3 heteroatoms. The zero-order valence-corrected chi connectivity index (χ0v) is 10.6. The minimum Gasteiger partial charge on any atom is -0.391 e. The number of benzene rings is 1. The number of nitrogens with zero attached hydrogens (tertiary/aromatic N) is 2. The Kier molecular flexibility index (Phi) is 2.92. The second-order valence-corrected chi connectivity index (χ2v) is 5.14. The molecule has 0 spiro atoms. The zero-order chi connectivity index (χ0) is 12.5. The first-order valence-electron chi connectivity index (χ1n) is 6.53. The Hall–Kier alpha value is -1.61. The monoisotopic (exact) mass is 242 g/mol. The smallest absolute Gasteiger partial charge is 0.129 e. The molecule has 1 saturated heterocycles. The second-order valence-electron chi connectivity index (χ2n) is 5.14. The Balaban J connectivity index is 1.90. The highest BCUT2D eigenvalue weighted by Crippen LogP contribution is 2.23. The molecule has 1 aromatic carbocycles. The van der Waals surface area contributed by atoms with E-state index in [1.54, 1.807) is 0 Å². The first-order chi connectivity index (χ1) is 8.74. The number of pyridine rings is 1. The molecule has 0 bridgehead atoms. The number of aliphatic hydroxyl groups is 1. The molecule has 1 aliphatic heterocycles. The van der Waals surface area contributed by atoms with Crippen molar-refractivity contribution >= 4 is 16.7 Å². The van der Waals surface area contributed by atoms with E-state index in [2.05, 4.69) is 28.9 Å². The van der Waals surface area contributed by atoms with Gasteiger partial charge in [-0.2, -0.15) is 0 Å². The average molecular weight is 242 g/mol. The van der Waals surface area contributed by atoms with E-state index in [-0.39, 0.29) is 6.10 Å². The number of anilines is 1. The fraction of sp³-hybridized carbons (Fsp3) is 0.400. The maximum absolute atomic E-state index is 9.95. The van der Waals surface area contributed by atoms with Gasteiger partial charge in [-0.25, -0.2) is 4.98 Å². The van der Waals surface area contributed by atoms with Crippen LogP contribution >= 0.6 is 0 Å². The lowest BCUT2D eigenvalue weighted by molar-refractivity contribution is 0.102. The number of hydrogen-bond donors (Lipinski definition) is 1. The third-order valence-electron chi connectivity index (χ3n) is 3.83. The molecule has 2 aromatic rings. The zero-order valence-electron chi connectivity index (χ0n) is 10.6. The van der Waals surface area contributed by atoms with Crippen molar-refractivity contribution in [1.82, 2.24) is 4.98 Å². The lowest BCUT2D eigenvalue weighted by atomic mass is 9.96. The normalized spacial score (nSPS) is 24.4. The summed E-state index contributed by atoms with van der Waals surface area (Å²) in [6.45, 7) is 3.77. The van der Waals surface area contributed by atoms with Gasteiger partial charge in [-0.3, -0.25) is 0 Å². The molecule has 1 N–H and O–H groups in total. The molecule has 94 valence electrons. The summed E-state index contributed by atoms with van der Waals surface area (Å²) in [6.07, 6.45) is 0.780. The van der Waals surface area contributed by atoms with Crippen LogP contribution in [0.15, 0.2) is 36.4 Å². The first kappa shape index (κ1) is 11.5. The molecule has 3 rings (SSSR count). The highest BCUT2D eigenvalue weighted by Gasteiger charge is 2.24. The van der Waals surface area contributed by atoms with Crippen molar-refractivity contribution in [3.63, 3.8) is 0 Å². The van der Waals surface area contributed by atoms with Gasteiger partial charge >= 0.3 is 0 Å². The SMILES string of the molecule is CC1CCN(c2ccc3ccccc3n2)CC1O. The maximum Gasteiger partial charge on any atom is 0.129 e. The molecule has 18 heavy (non-hydrogen) atoms. The predicted octanol–water partition coefficient (Wildman–Crippen LogP) is 2.44. The molecule has 1 fully saturated rings. The summed E-state index contributed by atoms with van der Waals surface area (Å²) in [5.41, 5.74) is 1.02. The van der Waals surface area contributed by atoms with Crippen LogP contribution in [0.4, 0.5) is 5.82 Å². The third kappa shape index (κ3) is 2.06. The van der Waals surface area contributed by atoms with Crippen molar-refractivity contribution in [2.75, 3.05) is 18.0 Å². The summed E-state index contributed by atoms with van der Waals surface area (Å²) < 4.78 is 0. The van der Waals surface area contributed by atoms with Gasteiger partial charge in [0.1, 0.15) is 5.82 Å². The molecule has 0 radical (unpaired) electrons. The van der Waals surface area contributed by atoms with Gasteiger partial charge < -0.3 is 10.0 Å². The quantitative estimate of drug-likeness (QED) is 0.834. The van der Waals surface area contributed by atoms with Gasteiger partial charge in [0.05, 0.1) is 11.6 Å². The number of piperidine rings is 1. The number of para-hydroxylation sites is 1. The number of β-amino-alcohol motifs (C(OH)–C–C–N with tert-alkyl or cyclic N) is 1. The maximum atomic E-state index is 9.95. The third-order valence-corrected chi connectivity index (χ3v) is 3.83. The summed E-state index contributed by atoms with van der Waals surface area (Å²) in [6, 6.07) is 12.3. The Morgan fingerprint density at radius 1 is 1.22 bits per heavy atom. The average Bonchev–Trinajstić information content (AvgIpc) is 2.41. The number of aliphatic hydroxyl groups excluding tert-OH is 1. The molecule has 0 saturated carbocycles. The van der Waals surface area contributed by atoms with Crippen LogP contribution in [0.3, 0.4) is 0 Å². The first-order valence-corrected chi connectivity index (χ1v) is 6.53. The van der Waals surface area contributed by atoms with Crippen LogP contribution in [0.2, 0.25) is 0 Å². The number of fused-ring (bicyclic) bond motifs is 1. The summed E-state index contributed by atoms with van der Waals surface area (Å²) >= 11 is 0. The molecular weight excluding hydrogens is 224 g/mol. The summed E-state index contributed by atoms with van der Waals surface area (Å²) in [5, 5.41) is 11.1. The fourth-order valence-corrected chi connectivity index (χ4v) is 2.49. The highest BCUT2D eigenvalue weighted by molar-refractivity contribution is 5.80. The van der Waals surface area contributed by atoms with Gasteiger partial charge in [0.15, 0.2) is 0 Å². The van der Waals surface area contributed by atoms with Gasteiger partial charge in [-0.05, 0) is 30.5 Å². The Morgan fingerprint density at radius 2 is 2.06 bits per heavy atom. The molecule has 0 amide bonds. The summed E-state index contributed by atoms with van der Waals surface area (Å²) in [4.78, 5) is 6.85. The van der Waals surface area contributed by atoms with Crippen molar-refractivity contribution in [2.45, 2.75) is 19.4 Å².